The van der Waals surface area contributed by atoms with Gasteiger partial charge in [0.25, 0.3) is 11.1 Å². The standard InChI is InChI=1S/C19H12F3N3O6S/c20-19(21,22)11-5-6-14(12(8-11)25(29)30)31-13-4-2-1-3-10(13)7-15-17(27)24(9-16(23)26)18(28)32-15/h1-8H,9H2,(H2,23,26)/b15-7-. The van der Waals surface area contributed by atoms with E-state index in [1.165, 1.54) is 24.3 Å². The Balaban J connectivity index is 1.96. The van der Waals surface area contributed by atoms with Crippen LogP contribution in [0.5, 0.6) is 11.5 Å². The number of hydrogen-bond acceptors (Lipinski definition) is 7. The Hall–Kier alpha value is -3.87. The molecule has 1 aliphatic heterocycles. The molecule has 2 aromatic carbocycles. The highest BCUT2D eigenvalue weighted by molar-refractivity contribution is 8.18. The van der Waals surface area contributed by atoms with Crippen LogP contribution in [-0.4, -0.2) is 33.4 Å². The number of nitro groups is 1. The molecule has 13 heteroatoms. The molecule has 0 aromatic heterocycles. The second-order valence-corrected chi connectivity index (χ2v) is 7.30. The molecule has 1 heterocycles. The highest BCUT2D eigenvalue weighted by Gasteiger charge is 2.36. The van der Waals surface area contributed by atoms with Gasteiger partial charge in [-0.2, -0.15) is 13.2 Å². The highest BCUT2D eigenvalue weighted by atomic mass is 32.2. The van der Waals surface area contributed by atoms with Gasteiger partial charge >= 0.3 is 11.9 Å². The summed E-state index contributed by atoms with van der Waals surface area (Å²) in [5.41, 5.74) is 3.11. The Kier molecular flexibility index (Phi) is 6.20. The van der Waals surface area contributed by atoms with Crippen LogP contribution in [0.4, 0.5) is 23.7 Å². The van der Waals surface area contributed by atoms with Gasteiger partial charge in [0, 0.05) is 11.6 Å². The van der Waals surface area contributed by atoms with Gasteiger partial charge in [-0.15, -0.1) is 0 Å². The third-order valence-electron chi connectivity index (χ3n) is 4.10. The Morgan fingerprint density at radius 2 is 1.88 bits per heavy atom. The maximum absolute atomic E-state index is 12.9. The molecule has 0 aliphatic carbocycles. The summed E-state index contributed by atoms with van der Waals surface area (Å²) in [5, 5.41) is 10.6. The maximum Gasteiger partial charge on any atom is 0.416 e. The van der Waals surface area contributed by atoms with Crippen molar-refractivity contribution in [3.05, 3.63) is 68.6 Å². The number of nitrogens with two attached hydrogens (primary N) is 1. The lowest BCUT2D eigenvalue weighted by Crippen LogP contribution is -2.36. The number of alkyl halides is 3. The molecule has 32 heavy (non-hydrogen) atoms. The summed E-state index contributed by atoms with van der Waals surface area (Å²) in [5.74, 6) is -2.12. The van der Waals surface area contributed by atoms with E-state index < -0.39 is 51.7 Å². The molecular formula is C19H12F3N3O6S. The van der Waals surface area contributed by atoms with E-state index in [4.69, 9.17) is 10.5 Å². The summed E-state index contributed by atoms with van der Waals surface area (Å²) in [6.07, 6.45) is -3.52. The number of carbonyl (C=O) groups excluding carboxylic acids is 3. The van der Waals surface area contributed by atoms with Crippen molar-refractivity contribution in [3.63, 3.8) is 0 Å². The van der Waals surface area contributed by atoms with Gasteiger partial charge in [-0.05, 0) is 36.0 Å². The van der Waals surface area contributed by atoms with Crippen LogP contribution in [-0.2, 0) is 15.8 Å². The number of thioether (sulfide) groups is 1. The Morgan fingerprint density at radius 1 is 1.19 bits per heavy atom. The molecule has 0 spiro atoms. The van der Waals surface area contributed by atoms with E-state index in [-0.39, 0.29) is 16.2 Å². The molecule has 3 rings (SSSR count). The summed E-state index contributed by atoms with van der Waals surface area (Å²) >= 11 is 0.548. The number of primary amides is 1. The molecule has 0 radical (unpaired) electrons. The van der Waals surface area contributed by atoms with Gasteiger partial charge in [0.2, 0.25) is 11.7 Å². The molecule has 1 fully saturated rings. The number of amides is 3. The number of benzene rings is 2. The van der Waals surface area contributed by atoms with Crippen LogP contribution in [0.15, 0.2) is 47.4 Å². The number of carbonyl (C=O) groups is 3. The number of ether oxygens (including phenoxy) is 1. The lowest BCUT2D eigenvalue weighted by Gasteiger charge is -2.12. The summed E-state index contributed by atoms with van der Waals surface area (Å²) < 4.78 is 44.2. The number of nitro benzene ring substituents is 1. The molecular weight excluding hydrogens is 455 g/mol. The smallest absolute Gasteiger partial charge is 0.416 e. The molecule has 9 nitrogen and oxygen atoms in total. The molecule has 1 aliphatic rings. The van der Waals surface area contributed by atoms with Crippen molar-refractivity contribution in [2.45, 2.75) is 6.18 Å². The predicted molar refractivity (Wildman–Crippen MR) is 106 cm³/mol. The fourth-order valence-electron chi connectivity index (χ4n) is 2.67. The van der Waals surface area contributed by atoms with Gasteiger partial charge in [-0.1, -0.05) is 18.2 Å². The van der Waals surface area contributed by atoms with Crippen molar-refractivity contribution < 1.29 is 37.2 Å². The minimum absolute atomic E-state index is 0.0166. The van der Waals surface area contributed by atoms with Crippen molar-refractivity contribution >= 4 is 40.6 Å². The van der Waals surface area contributed by atoms with Crippen LogP contribution in [0.3, 0.4) is 0 Å². The van der Waals surface area contributed by atoms with E-state index in [2.05, 4.69) is 0 Å². The normalized spacial score (nSPS) is 15.3. The molecule has 3 amide bonds. The third kappa shape index (κ3) is 4.88. The Morgan fingerprint density at radius 3 is 2.50 bits per heavy atom. The Bertz CT molecular complexity index is 1170. The molecule has 1 saturated heterocycles. The van der Waals surface area contributed by atoms with Crippen LogP contribution >= 0.6 is 11.8 Å². The zero-order chi connectivity index (χ0) is 23.6. The van der Waals surface area contributed by atoms with E-state index in [0.717, 1.165) is 6.07 Å². The Labute approximate surface area is 181 Å². The number of nitrogens with zero attached hydrogens (tertiary/aromatic N) is 2. The SMILES string of the molecule is NC(=O)CN1C(=O)S/C(=C\c2ccccc2Oc2ccc(C(F)(F)F)cc2[N+](=O)[O-])C1=O. The van der Waals surface area contributed by atoms with Gasteiger partial charge in [0.05, 0.1) is 15.4 Å². The largest absolute Gasteiger partial charge is 0.449 e. The van der Waals surface area contributed by atoms with Crippen LogP contribution in [0.1, 0.15) is 11.1 Å². The predicted octanol–water partition coefficient (Wildman–Crippen LogP) is 3.93. The monoisotopic (exact) mass is 467 g/mol. The number of imide groups is 1. The summed E-state index contributed by atoms with van der Waals surface area (Å²) in [6, 6.07) is 7.70. The molecule has 0 atom stereocenters. The quantitative estimate of drug-likeness (QED) is 0.387. The average Bonchev–Trinajstić information content (AvgIpc) is 2.95. The third-order valence-corrected chi connectivity index (χ3v) is 5.00. The average molecular weight is 467 g/mol. The molecule has 0 saturated carbocycles. The zero-order valence-electron chi connectivity index (χ0n) is 15.8. The van der Waals surface area contributed by atoms with Gasteiger partial charge in [-0.3, -0.25) is 29.4 Å². The second kappa shape index (κ2) is 8.70. The highest BCUT2D eigenvalue weighted by Crippen LogP contribution is 2.39. The fourth-order valence-corrected chi connectivity index (χ4v) is 3.50. The number of rotatable bonds is 6. The van der Waals surface area contributed by atoms with E-state index in [1.54, 1.807) is 6.07 Å². The molecule has 166 valence electrons. The number of para-hydroxylation sites is 1. The van der Waals surface area contributed by atoms with E-state index in [0.29, 0.717) is 28.8 Å². The van der Waals surface area contributed by atoms with Gasteiger partial charge < -0.3 is 10.5 Å². The number of halogens is 3. The summed E-state index contributed by atoms with van der Waals surface area (Å²) in [6.45, 7) is -0.599. The first-order valence-corrected chi connectivity index (χ1v) is 9.45. The zero-order valence-corrected chi connectivity index (χ0v) is 16.6. The van der Waals surface area contributed by atoms with Crippen LogP contribution in [0.2, 0.25) is 0 Å². The minimum Gasteiger partial charge on any atom is -0.449 e. The molecule has 0 unspecified atom stereocenters. The van der Waals surface area contributed by atoms with Crippen molar-refractivity contribution in [1.29, 1.82) is 0 Å². The van der Waals surface area contributed by atoms with Crippen LogP contribution in [0, 0.1) is 10.1 Å². The lowest BCUT2D eigenvalue weighted by atomic mass is 10.1. The first kappa shape index (κ1) is 22.8. The molecule has 0 bridgehead atoms. The van der Waals surface area contributed by atoms with E-state index in [1.807, 2.05) is 0 Å². The first-order chi connectivity index (χ1) is 15.0. The van der Waals surface area contributed by atoms with Gasteiger partial charge in [0.15, 0.2) is 0 Å². The summed E-state index contributed by atoms with van der Waals surface area (Å²) in [7, 11) is 0. The second-order valence-electron chi connectivity index (χ2n) is 6.31. The lowest BCUT2D eigenvalue weighted by molar-refractivity contribution is -0.385. The van der Waals surface area contributed by atoms with E-state index >= 15 is 0 Å². The van der Waals surface area contributed by atoms with Gasteiger partial charge in [-0.25, -0.2) is 0 Å². The van der Waals surface area contributed by atoms with Crippen LogP contribution in [0.25, 0.3) is 6.08 Å². The topological polar surface area (TPSA) is 133 Å². The summed E-state index contributed by atoms with van der Waals surface area (Å²) in [4.78, 5) is 46.2. The number of hydrogen-bond donors (Lipinski definition) is 1. The van der Waals surface area contributed by atoms with Crippen molar-refractivity contribution in [3.8, 4) is 11.5 Å². The van der Waals surface area contributed by atoms with E-state index in [9.17, 15) is 37.7 Å². The molecule has 2 aromatic rings. The maximum atomic E-state index is 12.9. The molecule has 2 N–H and O–H groups in total. The minimum atomic E-state index is -4.78. The van der Waals surface area contributed by atoms with Crippen molar-refractivity contribution in [2.75, 3.05) is 6.54 Å². The fraction of sp³-hybridized carbons (Fsp3) is 0.105. The van der Waals surface area contributed by atoms with Crippen molar-refractivity contribution in [2.24, 2.45) is 5.73 Å². The van der Waals surface area contributed by atoms with Gasteiger partial charge in [0.1, 0.15) is 12.3 Å². The van der Waals surface area contributed by atoms with Crippen LogP contribution < -0.4 is 10.5 Å². The first-order valence-electron chi connectivity index (χ1n) is 8.63. The van der Waals surface area contributed by atoms with Crippen molar-refractivity contribution in [1.82, 2.24) is 4.90 Å².